The van der Waals surface area contributed by atoms with Crippen molar-refractivity contribution in [1.29, 1.82) is 0 Å². The van der Waals surface area contributed by atoms with Crippen LogP contribution >= 0.6 is 23.7 Å². The van der Waals surface area contributed by atoms with E-state index in [4.69, 9.17) is 15.2 Å². The zero-order valence-corrected chi connectivity index (χ0v) is 16.9. The van der Waals surface area contributed by atoms with E-state index in [0.717, 1.165) is 39.1 Å². The van der Waals surface area contributed by atoms with Gasteiger partial charge in [0.25, 0.3) is 5.91 Å². The lowest BCUT2D eigenvalue weighted by Crippen LogP contribution is -2.61. The van der Waals surface area contributed by atoms with Crippen LogP contribution in [0.2, 0.25) is 0 Å². The number of thiophene rings is 1. The normalized spacial score (nSPS) is 32.8. The lowest BCUT2D eigenvalue weighted by Gasteiger charge is -2.56. The van der Waals surface area contributed by atoms with Gasteiger partial charge in [-0.25, -0.2) is 0 Å². The van der Waals surface area contributed by atoms with Crippen molar-refractivity contribution in [2.75, 3.05) is 33.4 Å². The quantitative estimate of drug-likeness (QED) is 0.843. The number of carbonyl (C=O) groups excluding carboxylic acids is 1. The highest BCUT2D eigenvalue weighted by atomic mass is 35.5. The van der Waals surface area contributed by atoms with Crippen LogP contribution in [-0.2, 0) is 15.1 Å². The molecule has 26 heavy (non-hydrogen) atoms. The molecule has 1 amide bonds. The van der Waals surface area contributed by atoms with Gasteiger partial charge >= 0.3 is 0 Å². The molecule has 7 heteroatoms. The Kier molecular flexibility index (Phi) is 6.29. The summed E-state index contributed by atoms with van der Waals surface area (Å²) in [5.41, 5.74) is 5.24. The largest absolute Gasteiger partial charge is 0.381 e. The Morgan fingerprint density at radius 1 is 1.23 bits per heavy atom. The Hall–Kier alpha value is -0.660. The first-order valence-corrected chi connectivity index (χ1v) is 10.2. The molecular weight excluding hydrogens is 372 g/mol. The number of halogens is 1. The van der Waals surface area contributed by atoms with Crippen molar-refractivity contribution < 1.29 is 14.3 Å². The van der Waals surface area contributed by atoms with Crippen molar-refractivity contribution in [2.45, 2.75) is 43.7 Å². The number of primary amides is 1. The molecule has 0 aromatic carbocycles. The van der Waals surface area contributed by atoms with Crippen LogP contribution in [0.3, 0.4) is 0 Å². The first-order valence-electron chi connectivity index (χ1n) is 9.42. The molecule has 1 saturated carbocycles. The van der Waals surface area contributed by atoms with E-state index in [1.807, 2.05) is 13.2 Å². The van der Waals surface area contributed by atoms with Gasteiger partial charge in [0.1, 0.15) is 5.60 Å². The van der Waals surface area contributed by atoms with Gasteiger partial charge < -0.3 is 15.2 Å². The first kappa shape index (κ1) is 20.1. The maximum absolute atomic E-state index is 11.6. The molecule has 3 heterocycles. The van der Waals surface area contributed by atoms with Crippen molar-refractivity contribution >= 4 is 29.7 Å². The Labute approximate surface area is 165 Å². The number of fused-ring (bicyclic) bond motifs is 2. The third kappa shape index (κ3) is 3.31. The third-order valence-electron chi connectivity index (χ3n) is 6.51. The molecule has 5 nitrogen and oxygen atoms in total. The number of amides is 1. The van der Waals surface area contributed by atoms with Crippen LogP contribution in [0.15, 0.2) is 12.1 Å². The molecule has 3 atom stereocenters. The number of likely N-dealkylation sites (tertiary alicyclic amines) is 1. The summed E-state index contributed by atoms with van der Waals surface area (Å²) in [6.07, 6.45) is 5.94. The molecule has 3 aliphatic rings. The van der Waals surface area contributed by atoms with Crippen LogP contribution in [-0.4, -0.2) is 50.3 Å². The Balaban J connectivity index is 0.00000196. The first-order chi connectivity index (χ1) is 12.1. The lowest BCUT2D eigenvalue weighted by atomic mass is 9.64. The number of nitrogens with zero attached hydrogens (tertiary/aromatic N) is 1. The topological polar surface area (TPSA) is 64.8 Å². The zero-order chi connectivity index (χ0) is 17.4. The molecule has 1 aromatic rings. The molecule has 1 aliphatic carbocycles. The van der Waals surface area contributed by atoms with Gasteiger partial charge in [-0.2, -0.15) is 0 Å². The molecule has 4 rings (SSSR count). The van der Waals surface area contributed by atoms with Crippen molar-refractivity contribution in [1.82, 2.24) is 4.90 Å². The number of ether oxygens (including phenoxy) is 2. The molecule has 3 fully saturated rings. The minimum absolute atomic E-state index is 0. The van der Waals surface area contributed by atoms with Crippen LogP contribution in [0.1, 0.15) is 46.7 Å². The second-order valence-corrected chi connectivity index (χ2v) is 8.73. The lowest BCUT2D eigenvalue weighted by molar-refractivity contribution is -0.175. The SMILES string of the molecule is CO[C@]1(c2ccc(C(N)=O)s2)[C@@H]2CCC[C@H]1CN(C1CCOCC1)C2.Cl. The van der Waals surface area contributed by atoms with E-state index < -0.39 is 0 Å². The highest BCUT2D eigenvalue weighted by Gasteiger charge is 2.54. The second kappa shape index (κ2) is 8.15. The van der Waals surface area contributed by atoms with E-state index in [9.17, 15) is 4.79 Å². The monoisotopic (exact) mass is 400 g/mol. The van der Waals surface area contributed by atoms with Gasteiger partial charge in [0.05, 0.1) is 4.88 Å². The van der Waals surface area contributed by atoms with Gasteiger partial charge in [-0.1, -0.05) is 6.42 Å². The van der Waals surface area contributed by atoms with Crippen molar-refractivity contribution in [3.63, 3.8) is 0 Å². The molecule has 2 N–H and O–H groups in total. The average Bonchev–Trinajstić information content (AvgIpc) is 3.12. The third-order valence-corrected chi connectivity index (χ3v) is 7.74. The molecule has 1 aromatic heterocycles. The van der Waals surface area contributed by atoms with Gasteiger partial charge in [-0.05, 0) is 37.8 Å². The highest BCUT2D eigenvalue weighted by Crippen LogP contribution is 2.53. The van der Waals surface area contributed by atoms with Gasteiger partial charge in [-0.3, -0.25) is 9.69 Å². The molecule has 0 spiro atoms. The van der Waals surface area contributed by atoms with E-state index in [-0.39, 0.29) is 23.9 Å². The molecule has 0 radical (unpaired) electrons. The van der Waals surface area contributed by atoms with Crippen molar-refractivity contribution in [3.8, 4) is 0 Å². The van der Waals surface area contributed by atoms with Gasteiger partial charge in [0.2, 0.25) is 0 Å². The Morgan fingerprint density at radius 2 is 1.88 bits per heavy atom. The average molecular weight is 401 g/mol. The van der Waals surface area contributed by atoms with Crippen LogP contribution in [0.5, 0.6) is 0 Å². The van der Waals surface area contributed by atoms with Crippen LogP contribution in [0, 0.1) is 11.8 Å². The highest BCUT2D eigenvalue weighted by molar-refractivity contribution is 7.14. The van der Waals surface area contributed by atoms with Crippen LogP contribution in [0.4, 0.5) is 0 Å². The van der Waals surface area contributed by atoms with E-state index in [1.165, 1.54) is 35.5 Å². The van der Waals surface area contributed by atoms with E-state index in [1.54, 1.807) is 0 Å². The fraction of sp³-hybridized carbons (Fsp3) is 0.737. The molecule has 146 valence electrons. The summed E-state index contributed by atoms with van der Waals surface area (Å²) in [6, 6.07) is 4.59. The molecule has 2 aliphatic heterocycles. The number of hydrogen-bond donors (Lipinski definition) is 1. The zero-order valence-electron chi connectivity index (χ0n) is 15.3. The predicted octanol–water partition coefficient (Wildman–Crippen LogP) is 3.02. The number of piperidine rings is 1. The summed E-state index contributed by atoms with van der Waals surface area (Å²) in [5, 5.41) is 0. The number of methoxy groups -OCH3 is 1. The van der Waals surface area contributed by atoms with Crippen molar-refractivity contribution in [3.05, 3.63) is 21.9 Å². The maximum Gasteiger partial charge on any atom is 0.258 e. The van der Waals surface area contributed by atoms with E-state index in [2.05, 4.69) is 11.0 Å². The fourth-order valence-corrected chi connectivity index (χ4v) is 6.52. The Bertz CT molecular complexity index is 618. The molecule has 0 unspecified atom stereocenters. The summed E-state index contributed by atoms with van der Waals surface area (Å²) in [5.74, 6) is 0.617. The Morgan fingerprint density at radius 3 is 2.42 bits per heavy atom. The van der Waals surface area contributed by atoms with Crippen LogP contribution in [0.25, 0.3) is 0 Å². The number of nitrogens with two attached hydrogens (primary N) is 1. The van der Waals surface area contributed by atoms with Gasteiger partial charge in [0.15, 0.2) is 0 Å². The minimum Gasteiger partial charge on any atom is -0.381 e. The van der Waals surface area contributed by atoms with Gasteiger partial charge in [0, 0.05) is 56.2 Å². The number of hydrogen-bond acceptors (Lipinski definition) is 5. The predicted molar refractivity (Wildman–Crippen MR) is 105 cm³/mol. The summed E-state index contributed by atoms with van der Waals surface area (Å²) >= 11 is 1.53. The number of carbonyl (C=O) groups is 1. The molecular formula is C19H29ClN2O3S. The summed E-state index contributed by atoms with van der Waals surface area (Å²) in [7, 11) is 1.85. The second-order valence-electron chi connectivity index (χ2n) is 7.65. The standard InChI is InChI=1S/C19H28N2O3S.ClH/c1-23-19(17-6-5-16(25-17)18(20)22)13-3-2-4-14(19)12-21(11-13)15-7-9-24-10-8-15;/h5-6,13-15H,2-4,7-12H2,1H3,(H2,20,22);1H/t13-,14+,19-;. The van der Waals surface area contributed by atoms with E-state index >= 15 is 0 Å². The van der Waals surface area contributed by atoms with Crippen molar-refractivity contribution in [2.24, 2.45) is 17.6 Å². The minimum atomic E-state index is -0.340. The summed E-state index contributed by atoms with van der Waals surface area (Å²) < 4.78 is 11.8. The van der Waals surface area contributed by atoms with Gasteiger partial charge in [-0.15, -0.1) is 23.7 Å². The molecule has 2 saturated heterocycles. The number of rotatable bonds is 4. The summed E-state index contributed by atoms with van der Waals surface area (Å²) in [6.45, 7) is 3.94. The molecule has 2 bridgehead atoms. The fourth-order valence-electron chi connectivity index (χ4n) is 5.33. The summed E-state index contributed by atoms with van der Waals surface area (Å²) in [4.78, 5) is 16.1. The maximum atomic E-state index is 11.6. The van der Waals surface area contributed by atoms with E-state index in [0.29, 0.717) is 22.8 Å². The smallest absolute Gasteiger partial charge is 0.258 e. The van der Waals surface area contributed by atoms with Crippen LogP contribution < -0.4 is 5.73 Å².